The molecule has 0 fully saturated rings. The molecule has 0 heterocycles. The van der Waals surface area contributed by atoms with Crippen molar-refractivity contribution >= 4 is 11.9 Å². The van der Waals surface area contributed by atoms with Crippen molar-refractivity contribution in [3.8, 4) is 0 Å². The van der Waals surface area contributed by atoms with Gasteiger partial charge in [0.15, 0.2) is 6.10 Å². The quantitative estimate of drug-likeness (QED) is 0.0345. The predicted octanol–water partition coefficient (Wildman–Crippen LogP) is 20.8. The summed E-state index contributed by atoms with van der Waals surface area (Å²) >= 11 is 0. The summed E-state index contributed by atoms with van der Waals surface area (Å²) in [6.45, 7) is 7.69. The Kier molecular flexibility index (Phi) is 57.9. The summed E-state index contributed by atoms with van der Waals surface area (Å²) in [5, 5.41) is 0. The van der Waals surface area contributed by atoms with Gasteiger partial charge >= 0.3 is 11.9 Å². The fourth-order valence-corrected chi connectivity index (χ4v) is 8.45. The van der Waals surface area contributed by atoms with E-state index in [4.69, 9.17) is 14.2 Å². The van der Waals surface area contributed by atoms with Crippen LogP contribution in [0.2, 0.25) is 0 Å². The van der Waals surface area contributed by atoms with Crippen molar-refractivity contribution in [3.05, 3.63) is 85.1 Å². The van der Waals surface area contributed by atoms with Crippen LogP contribution >= 0.6 is 0 Å². The van der Waals surface area contributed by atoms with Crippen molar-refractivity contribution in [2.75, 3.05) is 19.8 Å². The van der Waals surface area contributed by atoms with Crippen LogP contribution in [0.1, 0.15) is 290 Å². The van der Waals surface area contributed by atoms with E-state index in [0.29, 0.717) is 19.4 Å². The first-order chi connectivity index (χ1) is 34.6. The van der Waals surface area contributed by atoms with Gasteiger partial charge in [-0.25, -0.2) is 0 Å². The van der Waals surface area contributed by atoms with E-state index in [1.807, 2.05) is 0 Å². The van der Waals surface area contributed by atoms with E-state index in [-0.39, 0.29) is 25.2 Å². The molecule has 0 aliphatic rings. The Morgan fingerprint density at radius 2 is 0.643 bits per heavy atom. The summed E-state index contributed by atoms with van der Waals surface area (Å²) in [5.74, 6) is -0.409. The highest BCUT2D eigenvalue weighted by Crippen LogP contribution is 2.16. The highest BCUT2D eigenvalue weighted by atomic mass is 16.6. The molecule has 404 valence electrons. The maximum Gasteiger partial charge on any atom is 0.306 e. The average molecular weight is 976 g/mol. The van der Waals surface area contributed by atoms with Gasteiger partial charge in [-0.3, -0.25) is 9.59 Å². The van der Waals surface area contributed by atoms with Crippen molar-refractivity contribution in [2.24, 2.45) is 0 Å². The first-order valence-corrected chi connectivity index (χ1v) is 30.1. The van der Waals surface area contributed by atoms with E-state index in [9.17, 15) is 9.59 Å². The molecule has 0 aliphatic heterocycles. The van der Waals surface area contributed by atoms with Gasteiger partial charge in [0, 0.05) is 19.4 Å². The second-order valence-corrected chi connectivity index (χ2v) is 19.9. The Bertz CT molecular complexity index is 1290. The lowest BCUT2D eigenvalue weighted by atomic mass is 10.0. The second-order valence-electron chi connectivity index (χ2n) is 19.9. The van der Waals surface area contributed by atoms with Gasteiger partial charge in [-0.05, 0) is 96.3 Å². The van der Waals surface area contributed by atoms with Gasteiger partial charge in [-0.2, -0.15) is 0 Å². The van der Waals surface area contributed by atoms with E-state index >= 15 is 0 Å². The summed E-state index contributed by atoms with van der Waals surface area (Å²) in [7, 11) is 0. The Balaban J connectivity index is 4.31. The third-order valence-corrected chi connectivity index (χ3v) is 12.9. The van der Waals surface area contributed by atoms with Crippen molar-refractivity contribution in [3.63, 3.8) is 0 Å². The van der Waals surface area contributed by atoms with Gasteiger partial charge in [-0.15, -0.1) is 0 Å². The first kappa shape index (κ1) is 67.1. The molecule has 1 unspecified atom stereocenters. The molecule has 0 bridgehead atoms. The number of esters is 2. The number of hydrogen-bond donors (Lipinski definition) is 0. The lowest BCUT2D eigenvalue weighted by Gasteiger charge is -2.18. The smallest absolute Gasteiger partial charge is 0.306 e. The van der Waals surface area contributed by atoms with Crippen LogP contribution in [0.4, 0.5) is 0 Å². The SMILES string of the molecule is CC/C=C\C/C=C\C/C=C\C/C=C\CCCCCCCCC(=O)OCC(COCCCCCCCCC/C=C\C/C=C\C/C=C\CCCCC)OC(=O)CCCCCCCCCCCCCCCCC. The van der Waals surface area contributed by atoms with Gasteiger partial charge < -0.3 is 14.2 Å². The van der Waals surface area contributed by atoms with Crippen LogP contribution in [0.25, 0.3) is 0 Å². The molecule has 0 aromatic rings. The molecule has 0 aromatic heterocycles. The largest absolute Gasteiger partial charge is 0.462 e. The number of carbonyl (C=O) groups is 2. The van der Waals surface area contributed by atoms with Crippen LogP contribution in [0.5, 0.6) is 0 Å². The molecule has 0 saturated heterocycles. The molecule has 0 spiro atoms. The second kappa shape index (κ2) is 60.4. The van der Waals surface area contributed by atoms with Crippen LogP contribution < -0.4 is 0 Å². The summed E-state index contributed by atoms with van der Waals surface area (Å²) in [6, 6.07) is 0. The molecule has 5 heteroatoms. The van der Waals surface area contributed by atoms with Gasteiger partial charge in [0.05, 0.1) is 6.61 Å². The number of unbranched alkanes of at least 4 members (excludes halogenated alkanes) is 30. The highest BCUT2D eigenvalue weighted by molar-refractivity contribution is 5.70. The fraction of sp³-hybridized carbons (Fsp3) is 0.754. The minimum atomic E-state index is -0.551. The highest BCUT2D eigenvalue weighted by Gasteiger charge is 2.17. The van der Waals surface area contributed by atoms with E-state index in [1.54, 1.807) is 0 Å². The Hall–Kier alpha value is -2.92. The molecule has 0 aliphatic carbocycles. The molecule has 0 aromatic carbocycles. The topological polar surface area (TPSA) is 61.8 Å². The maximum absolute atomic E-state index is 12.9. The van der Waals surface area contributed by atoms with E-state index in [0.717, 1.165) is 89.9 Å². The fourth-order valence-electron chi connectivity index (χ4n) is 8.45. The van der Waals surface area contributed by atoms with Crippen molar-refractivity contribution in [2.45, 2.75) is 297 Å². The van der Waals surface area contributed by atoms with E-state index < -0.39 is 6.10 Å². The van der Waals surface area contributed by atoms with E-state index in [2.05, 4.69) is 106 Å². The van der Waals surface area contributed by atoms with Crippen molar-refractivity contribution < 1.29 is 23.8 Å². The van der Waals surface area contributed by atoms with Crippen molar-refractivity contribution in [1.82, 2.24) is 0 Å². The molecule has 0 rings (SSSR count). The maximum atomic E-state index is 12.9. The number of allylic oxidation sites excluding steroid dienone is 14. The van der Waals surface area contributed by atoms with Crippen LogP contribution in [0, 0.1) is 0 Å². The number of ether oxygens (including phenoxy) is 3. The molecule has 0 amide bonds. The minimum absolute atomic E-state index is 0.0729. The molecular formula is C65H114O5. The van der Waals surface area contributed by atoms with Gasteiger partial charge in [0.1, 0.15) is 6.61 Å². The molecule has 0 radical (unpaired) electrons. The van der Waals surface area contributed by atoms with Crippen LogP contribution in [-0.4, -0.2) is 37.9 Å². The monoisotopic (exact) mass is 975 g/mol. The third-order valence-electron chi connectivity index (χ3n) is 12.9. The van der Waals surface area contributed by atoms with Gasteiger partial charge in [0.25, 0.3) is 0 Å². The lowest BCUT2D eigenvalue weighted by molar-refractivity contribution is -0.163. The first-order valence-electron chi connectivity index (χ1n) is 30.1. The lowest BCUT2D eigenvalue weighted by Crippen LogP contribution is -2.30. The zero-order valence-electron chi connectivity index (χ0n) is 46.5. The van der Waals surface area contributed by atoms with Crippen LogP contribution in [0.3, 0.4) is 0 Å². The molecule has 5 nitrogen and oxygen atoms in total. The molecule has 70 heavy (non-hydrogen) atoms. The number of carbonyl (C=O) groups excluding carboxylic acids is 2. The molecule has 1 atom stereocenters. The standard InChI is InChI=1S/C65H114O5/c1-4-7-10-13-16-19-22-25-28-30-32-34-36-39-42-45-48-51-54-57-60-68-61-63(70-65(67)59-56-53-50-47-44-41-37-27-24-21-18-15-12-9-6-3)62-69-64(66)58-55-52-49-46-43-40-38-35-33-31-29-26-23-20-17-14-11-8-5-2/h8,11,16-17,19-20,25-26,28-29,32-35,63H,4-7,9-10,12-15,18,21-24,27,30-31,36-62H2,1-3H3/b11-8-,19-16-,20-17-,28-25-,29-26-,34-32-,35-33-. The normalized spacial score (nSPS) is 12.8. The number of rotatable bonds is 55. The molecule has 0 N–H and O–H groups in total. The average Bonchev–Trinajstić information content (AvgIpc) is 3.36. The summed E-state index contributed by atoms with van der Waals surface area (Å²) in [6.07, 6.45) is 80.3. The Morgan fingerprint density at radius 1 is 0.329 bits per heavy atom. The summed E-state index contributed by atoms with van der Waals surface area (Å²) < 4.78 is 17.5. The minimum Gasteiger partial charge on any atom is -0.462 e. The van der Waals surface area contributed by atoms with Gasteiger partial charge in [-0.1, -0.05) is 266 Å². The Labute approximate surface area is 435 Å². The molecule has 0 saturated carbocycles. The van der Waals surface area contributed by atoms with E-state index in [1.165, 1.54) is 167 Å². The number of hydrogen-bond acceptors (Lipinski definition) is 5. The summed E-state index contributed by atoms with van der Waals surface area (Å²) in [5.41, 5.74) is 0. The van der Waals surface area contributed by atoms with Crippen LogP contribution in [0.15, 0.2) is 85.1 Å². The third kappa shape index (κ3) is 57.7. The van der Waals surface area contributed by atoms with Crippen LogP contribution in [-0.2, 0) is 23.8 Å². The zero-order valence-corrected chi connectivity index (χ0v) is 46.5. The van der Waals surface area contributed by atoms with Crippen molar-refractivity contribution in [1.29, 1.82) is 0 Å². The molecular weight excluding hydrogens is 861 g/mol. The Morgan fingerprint density at radius 3 is 1.06 bits per heavy atom. The zero-order chi connectivity index (χ0) is 50.6. The van der Waals surface area contributed by atoms with Gasteiger partial charge in [0.2, 0.25) is 0 Å². The summed E-state index contributed by atoms with van der Waals surface area (Å²) in [4.78, 5) is 25.6. The predicted molar refractivity (Wildman–Crippen MR) is 307 cm³/mol.